The van der Waals surface area contributed by atoms with E-state index in [1.165, 1.54) is 35.7 Å². The molecule has 6 rings (SSSR count). The molecule has 0 radical (unpaired) electrons. The number of thioether (sulfide) groups is 2. The first-order valence-electron chi connectivity index (χ1n) is 13.6. The lowest BCUT2D eigenvalue weighted by Crippen LogP contribution is -2.36. The quantitative estimate of drug-likeness (QED) is 0.105. The summed E-state index contributed by atoms with van der Waals surface area (Å²) < 4.78 is 12.3. The zero-order valence-electron chi connectivity index (χ0n) is 24.6. The van der Waals surface area contributed by atoms with E-state index in [9.17, 15) is 19.2 Å². The van der Waals surface area contributed by atoms with Gasteiger partial charge in [-0.05, 0) is 48.5 Å². The molecule has 2 fully saturated rings. The number of aromatic carboxylic acids is 1. The van der Waals surface area contributed by atoms with Gasteiger partial charge in [-0.15, -0.1) is 0 Å². The minimum absolute atomic E-state index is 0.185. The van der Waals surface area contributed by atoms with Crippen molar-refractivity contribution in [2.45, 2.75) is 0 Å². The highest BCUT2D eigenvalue weighted by Gasteiger charge is 2.23. The average Bonchev–Trinajstić information content (AvgIpc) is 3.82. The van der Waals surface area contributed by atoms with E-state index in [2.05, 4.69) is 16.1 Å². The van der Waals surface area contributed by atoms with Crippen LogP contribution in [0.5, 0.6) is 0 Å². The molecule has 15 heteroatoms. The third-order valence-corrected chi connectivity index (χ3v) is 8.54. The maximum Gasteiger partial charge on any atom is 0.335 e. The van der Waals surface area contributed by atoms with E-state index < -0.39 is 5.97 Å². The van der Waals surface area contributed by atoms with Crippen molar-refractivity contribution in [2.24, 2.45) is 0 Å². The van der Waals surface area contributed by atoms with Gasteiger partial charge in [-0.25, -0.2) is 9.80 Å². The van der Waals surface area contributed by atoms with Gasteiger partial charge in [0.15, 0.2) is 0 Å². The Morgan fingerprint density at radius 3 is 1.66 bits per heavy atom. The molecule has 4 heterocycles. The van der Waals surface area contributed by atoms with Crippen LogP contribution in [0.3, 0.4) is 0 Å². The molecule has 2 aliphatic rings. The fourth-order valence-corrected chi connectivity index (χ4v) is 6.21. The van der Waals surface area contributed by atoms with Gasteiger partial charge in [0.2, 0.25) is 0 Å². The summed E-state index contributed by atoms with van der Waals surface area (Å²) >= 11 is 12.2. The molecular weight excluding hydrogens is 681 g/mol. The minimum Gasteiger partial charge on any atom is -0.478 e. The number of furan rings is 2. The van der Waals surface area contributed by atoms with Crippen LogP contribution in [0.25, 0.3) is 34.8 Å². The van der Waals surface area contributed by atoms with Crippen molar-refractivity contribution in [3.63, 3.8) is 0 Å². The first-order valence-corrected chi connectivity index (χ1v) is 16.0. The first kappa shape index (κ1) is 33.6. The molecule has 2 aromatic carbocycles. The van der Waals surface area contributed by atoms with Crippen LogP contribution in [0.4, 0.5) is 0 Å². The monoisotopic (exact) mass is 704 g/mol. The summed E-state index contributed by atoms with van der Waals surface area (Å²) in [6, 6.07) is 20.6. The van der Waals surface area contributed by atoms with Crippen LogP contribution in [-0.4, -0.2) is 56.5 Å². The van der Waals surface area contributed by atoms with Gasteiger partial charge >= 0.3 is 5.97 Å². The standard InChI is InChI=1S/C17H15N3O3S2.C15H9NO4S2/c1-20(2)19-15(21)11-5-3-4-10(8-11)13-7-6-12(23-13)9-14-16(22)18-17(24)25-14;17-13-12(22-15(21)16-13)7-10-4-5-11(20-10)8-2-1-3-9(6-8)14(18)19/h3-9H,1-2H3,(H,19,21)(H,18,22,24);1-7H,(H,18,19)(H,16,17,21)/b14-9-;12-7-. The molecule has 0 bridgehead atoms. The van der Waals surface area contributed by atoms with Crippen molar-refractivity contribution in [1.29, 1.82) is 0 Å². The first-order chi connectivity index (χ1) is 22.4. The van der Waals surface area contributed by atoms with Gasteiger partial charge in [0.25, 0.3) is 17.7 Å². The third kappa shape index (κ3) is 8.72. The summed E-state index contributed by atoms with van der Waals surface area (Å²) in [6.07, 6.45) is 3.25. The topological polar surface area (TPSA) is 154 Å². The SMILES string of the molecule is CN(C)NC(=O)c1cccc(-c2ccc(/C=C3\SC(=S)NC3=O)o2)c1.O=C1NC(=S)S/C1=C\c1ccc(-c2cccc(C(=O)O)c2)o1. The minimum atomic E-state index is -0.997. The second-order valence-electron chi connectivity index (χ2n) is 9.91. The smallest absolute Gasteiger partial charge is 0.335 e. The second-order valence-corrected chi connectivity index (χ2v) is 13.3. The number of nitrogens with one attached hydrogen (secondary N) is 3. The van der Waals surface area contributed by atoms with Crippen LogP contribution in [0.2, 0.25) is 0 Å². The Hall–Kier alpha value is -4.80. The Kier molecular flexibility index (Phi) is 10.5. The van der Waals surface area contributed by atoms with E-state index in [1.54, 1.807) is 85.9 Å². The van der Waals surface area contributed by atoms with Crippen LogP contribution >= 0.6 is 48.0 Å². The lowest BCUT2D eigenvalue weighted by Gasteiger charge is -2.12. The number of carbonyl (C=O) groups is 4. The molecule has 11 nitrogen and oxygen atoms in total. The predicted molar refractivity (Wildman–Crippen MR) is 189 cm³/mol. The number of hydrazine groups is 1. The fraction of sp³-hybridized carbons (Fsp3) is 0.0625. The van der Waals surface area contributed by atoms with Crippen molar-refractivity contribution >= 4 is 92.4 Å². The van der Waals surface area contributed by atoms with Gasteiger partial charge in [0.05, 0.1) is 15.4 Å². The zero-order valence-corrected chi connectivity index (χ0v) is 27.8. The number of hydrogen-bond donors (Lipinski definition) is 4. The molecule has 2 saturated heterocycles. The molecule has 4 N–H and O–H groups in total. The summed E-state index contributed by atoms with van der Waals surface area (Å²) in [6.45, 7) is 0. The van der Waals surface area contributed by atoms with E-state index in [-0.39, 0.29) is 23.3 Å². The molecule has 0 atom stereocenters. The van der Waals surface area contributed by atoms with E-state index in [1.807, 2.05) is 6.07 Å². The van der Waals surface area contributed by atoms with Crippen LogP contribution < -0.4 is 16.1 Å². The summed E-state index contributed by atoms with van der Waals surface area (Å²) in [4.78, 5) is 47.3. The molecule has 0 saturated carbocycles. The largest absolute Gasteiger partial charge is 0.478 e. The van der Waals surface area contributed by atoms with E-state index in [0.29, 0.717) is 52.6 Å². The number of carbonyl (C=O) groups excluding carboxylic acids is 3. The predicted octanol–water partition coefficient (Wildman–Crippen LogP) is 5.78. The number of carboxylic acids is 1. The molecule has 2 aliphatic heterocycles. The average molecular weight is 705 g/mol. The van der Waals surface area contributed by atoms with Crippen molar-refractivity contribution in [1.82, 2.24) is 21.1 Å². The van der Waals surface area contributed by atoms with Crippen LogP contribution in [0.15, 0.2) is 91.4 Å². The van der Waals surface area contributed by atoms with Crippen molar-refractivity contribution in [2.75, 3.05) is 14.1 Å². The molecule has 238 valence electrons. The normalized spacial score (nSPS) is 15.9. The van der Waals surface area contributed by atoms with Crippen molar-refractivity contribution < 1.29 is 33.1 Å². The molecule has 47 heavy (non-hydrogen) atoms. The van der Waals surface area contributed by atoms with Gasteiger partial charge in [-0.2, -0.15) is 0 Å². The Labute approximate surface area is 287 Å². The number of rotatable bonds is 7. The van der Waals surface area contributed by atoms with E-state index >= 15 is 0 Å². The Bertz CT molecular complexity index is 1990. The Balaban J connectivity index is 0.000000186. The number of hydrogen-bond acceptors (Lipinski definition) is 11. The third-order valence-electron chi connectivity index (χ3n) is 6.21. The summed E-state index contributed by atoms with van der Waals surface area (Å²) in [5.74, 6) is 0.504. The fourth-order valence-electron chi connectivity index (χ4n) is 4.16. The highest BCUT2D eigenvalue weighted by Crippen LogP contribution is 2.30. The van der Waals surface area contributed by atoms with Gasteiger partial charge < -0.3 is 24.6 Å². The Morgan fingerprint density at radius 2 is 1.23 bits per heavy atom. The summed E-state index contributed by atoms with van der Waals surface area (Å²) in [7, 11) is 3.49. The van der Waals surface area contributed by atoms with Gasteiger partial charge in [-0.3, -0.25) is 19.8 Å². The Morgan fingerprint density at radius 1 is 0.766 bits per heavy atom. The number of amides is 3. The molecule has 0 aliphatic carbocycles. The van der Waals surface area contributed by atoms with Gasteiger partial charge in [0.1, 0.15) is 31.7 Å². The molecule has 2 aromatic heterocycles. The molecule has 0 spiro atoms. The van der Waals surface area contributed by atoms with Crippen LogP contribution in [-0.2, 0) is 9.59 Å². The number of nitrogens with zero attached hydrogens (tertiary/aromatic N) is 1. The maximum atomic E-state index is 12.1. The summed E-state index contributed by atoms with van der Waals surface area (Å²) in [5.41, 5.74) is 4.84. The maximum absolute atomic E-state index is 12.1. The summed E-state index contributed by atoms with van der Waals surface area (Å²) in [5, 5.41) is 15.7. The lowest BCUT2D eigenvalue weighted by molar-refractivity contribution is -0.116. The molecule has 4 aromatic rings. The number of thiocarbonyl (C=S) groups is 2. The molecule has 0 unspecified atom stereocenters. The molecule has 3 amide bonds. The van der Waals surface area contributed by atoms with E-state index in [4.69, 9.17) is 38.4 Å². The highest BCUT2D eigenvalue weighted by molar-refractivity contribution is 8.27. The van der Waals surface area contributed by atoms with Gasteiger partial charge in [0, 0.05) is 42.9 Å². The lowest BCUT2D eigenvalue weighted by atomic mass is 10.1. The van der Waals surface area contributed by atoms with Crippen LogP contribution in [0.1, 0.15) is 32.2 Å². The molecular formula is C32H24N4O7S4. The van der Waals surface area contributed by atoms with Crippen LogP contribution in [0, 0.1) is 0 Å². The highest BCUT2D eigenvalue weighted by atomic mass is 32.2. The number of benzene rings is 2. The second kappa shape index (κ2) is 14.7. The number of carboxylic acid groups (broad SMARTS) is 1. The van der Waals surface area contributed by atoms with Gasteiger partial charge in [-0.1, -0.05) is 72.2 Å². The van der Waals surface area contributed by atoms with E-state index in [0.717, 1.165) is 5.56 Å². The zero-order chi connectivity index (χ0) is 33.7. The van der Waals surface area contributed by atoms with Crippen molar-refractivity contribution in [3.8, 4) is 22.6 Å². The van der Waals surface area contributed by atoms with Crippen molar-refractivity contribution in [3.05, 3.63) is 105 Å².